The van der Waals surface area contributed by atoms with E-state index in [1.165, 1.54) is 14.2 Å². The molecule has 0 bridgehead atoms. The summed E-state index contributed by atoms with van der Waals surface area (Å²) in [7, 11) is 4.57. The number of amides is 1. The molecular formula is C32H36F3NO9. The fourth-order valence-corrected chi connectivity index (χ4v) is 4.62. The molecule has 3 aromatic rings. The van der Waals surface area contributed by atoms with Gasteiger partial charge in [0.15, 0.2) is 7.70 Å². The molecule has 5 atom stereocenters. The Balaban J connectivity index is 1.62. The monoisotopic (exact) mass is 636 g/mol. The van der Waals surface area contributed by atoms with Crippen molar-refractivity contribution in [3.05, 3.63) is 89.5 Å². The first kappa shape index (κ1) is 32.5. The van der Waals surface area contributed by atoms with Gasteiger partial charge in [-0.05, 0) is 53.1 Å². The number of carbonyl (C=O) groups is 1. The quantitative estimate of drug-likeness (QED) is 0.269. The van der Waals surface area contributed by atoms with Crippen LogP contribution in [0.3, 0.4) is 0 Å². The predicted molar refractivity (Wildman–Crippen MR) is 155 cm³/mol. The predicted octanol–water partition coefficient (Wildman–Crippen LogP) is 4.16. The molecule has 1 aliphatic rings. The van der Waals surface area contributed by atoms with Gasteiger partial charge in [-0.3, -0.25) is 4.79 Å². The average molecular weight is 637 g/mol. The summed E-state index contributed by atoms with van der Waals surface area (Å²) in [6.45, 7) is -0.253. The van der Waals surface area contributed by atoms with Crippen molar-refractivity contribution >= 4 is 5.91 Å². The van der Waals surface area contributed by atoms with E-state index in [4.69, 9.17) is 34.6 Å². The minimum atomic E-state index is -5.39. The Morgan fingerprint density at radius 1 is 0.778 bits per heavy atom. The number of hydrogen-bond donors (Lipinski definition) is 2. The number of halogens is 3. The number of aliphatic hydroxyl groups is 1. The molecule has 1 fully saturated rings. The first-order chi connectivity index (χ1) is 22.0. The maximum absolute atomic E-state index is 13.5. The summed E-state index contributed by atoms with van der Waals surface area (Å²) in [5.74, 6) is -0.660. The van der Waals surface area contributed by atoms with Gasteiger partial charge in [-0.25, -0.2) is 0 Å². The number of methoxy groups -OCH3 is 3. The number of hydrogen-bond acceptors (Lipinski definition) is 9. The first-order valence-corrected chi connectivity index (χ1v) is 14.0. The number of rotatable bonds is 14. The van der Waals surface area contributed by atoms with Crippen molar-refractivity contribution < 1.29 is 57.6 Å². The molecule has 3 aromatic carbocycles. The van der Waals surface area contributed by atoms with E-state index >= 15 is 0 Å². The molecule has 0 spiro atoms. The van der Waals surface area contributed by atoms with Gasteiger partial charge in [-0.2, -0.15) is 13.2 Å². The molecule has 1 heterocycles. The van der Waals surface area contributed by atoms with Gasteiger partial charge in [0.2, 0.25) is 0 Å². The lowest BCUT2D eigenvalue weighted by Crippen LogP contribution is -2.66. The van der Waals surface area contributed by atoms with Gasteiger partial charge in [-0.15, -0.1) is 0 Å². The molecule has 0 aromatic heterocycles. The van der Waals surface area contributed by atoms with Crippen molar-refractivity contribution in [1.82, 2.24) is 5.31 Å². The van der Waals surface area contributed by atoms with Crippen LogP contribution in [0.5, 0.6) is 17.2 Å². The largest absolute Gasteiger partial charge is 0.497 e. The molecule has 0 radical (unpaired) electrons. The third-order valence-electron chi connectivity index (χ3n) is 7.05. The summed E-state index contributed by atoms with van der Waals surface area (Å²) in [6.07, 6.45) is -11.2. The molecule has 0 aliphatic carbocycles. The van der Waals surface area contributed by atoms with Crippen molar-refractivity contribution in [3.63, 3.8) is 0 Å². The average Bonchev–Trinajstić information content (AvgIpc) is 3.06. The second-order valence-corrected chi connectivity index (χ2v) is 10.1. The summed E-state index contributed by atoms with van der Waals surface area (Å²) in [5.41, 5.74) is 2.09. The summed E-state index contributed by atoms with van der Waals surface area (Å²) in [5, 5.41) is 10.6. The van der Waals surface area contributed by atoms with Crippen LogP contribution in [0.1, 0.15) is 16.7 Å². The van der Waals surface area contributed by atoms with Gasteiger partial charge in [0.1, 0.15) is 41.6 Å². The SMILES string of the molecule is [2H]N(C(=O)C(F)(F)F)[C@H]1C(O)O[C@H](COCc2ccc(OC)cc2)[C@@H](OCc2ccc(OC)cc2)[C@@H]1OCc1ccc(OC)cc1. The van der Waals surface area contributed by atoms with Crippen molar-refractivity contribution in [1.29, 1.82) is 0 Å². The number of carbonyl (C=O) groups excluding carboxylic acids is 1. The molecule has 13 heteroatoms. The molecule has 10 nitrogen and oxygen atoms in total. The van der Waals surface area contributed by atoms with Crippen molar-refractivity contribution in [2.24, 2.45) is 0 Å². The van der Waals surface area contributed by atoms with E-state index in [-0.39, 0.29) is 31.7 Å². The Labute approximate surface area is 260 Å². The lowest BCUT2D eigenvalue weighted by molar-refractivity contribution is -0.279. The molecule has 0 saturated carbocycles. The molecule has 1 saturated heterocycles. The highest BCUT2D eigenvalue weighted by atomic mass is 19.4. The van der Waals surface area contributed by atoms with Crippen LogP contribution in [0, 0.1) is 0 Å². The Morgan fingerprint density at radius 3 is 1.62 bits per heavy atom. The number of alkyl halides is 3. The number of benzene rings is 3. The first-order valence-electron chi connectivity index (χ1n) is 14.4. The van der Waals surface area contributed by atoms with Crippen LogP contribution in [0.25, 0.3) is 0 Å². The maximum Gasteiger partial charge on any atom is 0.471 e. The van der Waals surface area contributed by atoms with Gasteiger partial charge in [-0.1, -0.05) is 36.4 Å². The second-order valence-electron chi connectivity index (χ2n) is 10.1. The summed E-state index contributed by atoms with van der Waals surface area (Å²) < 4.78 is 87.9. The number of aliphatic hydroxyl groups excluding tert-OH is 1. The van der Waals surface area contributed by atoms with Crippen LogP contribution in [0.2, 0.25) is 1.41 Å². The minimum Gasteiger partial charge on any atom is -0.497 e. The van der Waals surface area contributed by atoms with Crippen LogP contribution >= 0.6 is 0 Å². The molecule has 244 valence electrons. The van der Waals surface area contributed by atoms with Crippen LogP contribution < -0.4 is 19.5 Å². The Morgan fingerprint density at radius 2 is 1.20 bits per heavy atom. The number of ether oxygens (including phenoxy) is 7. The molecule has 1 aliphatic heterocycles. The van der Waals surface area contributed by atoms with Crippen molar-refractivity contribution in [2.75, 3.05) is 27.9 Å². The highest BCUT2D eigenvalue weighted by molar-refractivity contribution is 5.82. The van der Waals surface area contributed by atoms with E-state index in [9.17, 15) is 23.1 Å². The van der Waals surface area contributed by atoms with E-state index in [1.807, 2.05) is 0 Å². The van der Waals surface area contributed by atoms with Crippen LogP contribution in [-0.4, -0.2) is 75.8 Å². The second kappa shape index (κ2) is 15.9. The summed E-state index contributed by atoms with van der Waals surface area (Å²) >= 11 is 0. The fraction of sp³-hybridized carbons (Fsp3) is 0.406. The molecule has 4 rings (SSSR count). The molecule has 45 heavy (non-hydrogen) atoms. The smallest absolute Gasteiger partial charge is 0.471 e. The van der Waals surface area contributed by atoms with Gasteiger partial charge in [0, 0.05) is 0 Å². The standard InChI is InChI=1S/C32H36F3NO9/c1-39-23-10-4-20(5-11-23)16-42-19-26-28(43-17-21-6-12-24(40-2)13-7-21)29(44-18-22-8-14-25(41-3)15-9-22)27(30(37)45-26)36-31(38)32(33,34)35/h4-15,26-30,37H,16-19H2,1-3H3,(H,36,38)/t26-,27-,28-,29-,30?/m1/s1/i/hD. The maximum atomic E-state index is 13.5. The van der Waals surface area contributed by atoms with E-state index in [1.54, 1.807) is 79.9 Å². The Kier molecular flexibility index (Phi) is 11.5. The van der Waals surface area contributed by atoms with E-state index in [0.29, 0.717) is 28.4 Å². The molecule has 1 unspecified atom stereocenters. The normalized spacial score (nSPS) is 21.9. The molecule has 1 amide bonds. The highest BCUT2D eigenvalue weighted by Gasteiger charge is 2.50. The van der Waals surface area contributed by atoms with Gasteiger partial charge in [0.05, 0.1) is 47.8 Å². The zero-order valence-electron chi connectivity index (χ0n) is 25.9. The Bertz CT molecular complexity index is 1380. The zero-order chi connectivity index (χ0) is 33.3. The van der Waals surface area contributed by atoms with Crippen molar-refractivity contribution in [3.8, 4) is 17.2 Å². The van der Waals surface area contributed by atoms with Crippen LogP contribution in [0.4, 0.5) is 13.2 Å². The van der Waals surface area contributed by atoms with E-state index in [0.717, 1.165) is 5.56 Å². The van der Waals surface area contributed by atoms with Crippen molar-refractivity contribution in [2.45, 2.75) is 56.6 Å². The van der Waals surface area contributed by atoms with Crippen LogP contribution in [0.15, 0.2) is 72.8 Å². The van der Waals surface area contributed by atoms with Gasteiger partial charge in [0.25, 0.3) is 0 Å². The molecule has 2 N–H and O–H groups in total. The highest BCUT2D eigenvalue weighted by Crippen LogP contribution is 2.29. The van der Waals surface area contributed by atoms with Crippen LogP contribution in [-0.2, 0) is 43.6 Å². The zero-order valence-corrected chi connectivity index (χ0v) is 24.9. The third-order valence-corrected chi connectivity index (χ3v) is 7.05. The number of nitrogens with one attached hydrogen (secondary N) is 1. The van der Waals surface area contributed by atoms with E-state index < -0.39 is 42.7 Å². The van der Waals surface area contributed by atoms with Gasteiger partial charge >= 0.3 is 12.1 Å². The van der Waals surface area contributed by atoms with Gasteiger partial charge < -0.3 is 43.6 Å². The topological polar surface area (TPSA) is 114 Å². The Hall–Kier alpha value is -3.88. The van der Waals surface area contributed by atoms with E-state index in [2.05, 4.69) is 0 Å². The third kappa shape index (κ3) is 9.55. The summed E-state index contributed by atoms with van der Waals surface area (Å²) in [6, 6.07) is 18.8. The lowest BCUT2D eigenvalue weighted by Gasteiger charge is -2.45. The summed E-state index contributed by atoms with van der Waals surface area (Å²) in [4.78, 5) is 12.2. The fourth-order valence-electron chi connectivity index (χ4n) is 4.62. The minimum absolute atomic E-state index is 0.0522. The lowest BCUT2D eigenvalue weighted by atomic mass is 9.96. The molecular weight excluding hydrogens is 599 g/mol.